The molecule has 5 heteroatoms. The summed E-state index contributed by atoms with van der Waals surface area (Å²) in [5, 5.41) is 3.17. The zero-order chi connectivity index (χ0) is 11.4. The summed E-state index contributed by atoms with van der Waals surface area (Å²) in [5.41, 5.74) is 7.03. The van der Waals surface area contributed by atoms with Gasteiger partial charge < -0.3 is 5.73 Å². The van der Waals surface area contributed by atoms with Crippen molar-refractivity contribution in [3.63, 3.8) is 0 Å². The second-order valence-corrected chi connectivity index (χ2v) is 4.31. The summed E-state index contributed by atoms with van der Waals surface area (Å²) in [5.74, 6) is 0. The number of hydrogen-bond donors (Lipinski definition) is 1. The number of nitrogen functional groups attached to an aromatic ring is 1. The standard InChI is InChI=1S/C10H10Cl2N2S/c1-3-6(9(12)7(11)4-2)8-5-15-10(13)14-8/h3-5H,2H2,1H3,(H2,13,14)/b6-3-,9-7-. The molecule has 0 radical (unpaired) electrons. The van der Waals surface area contributed by atoms with Crippen molar-refractivity contribution in [2.24, 2.45) is 0 Å². The van der Waals surface area contributed by atoms with Crippen molar-refractivity contribution in [1.82, 2.24) is 4.98 Å². The Kier molecular flexibility index (Phi) is 4.39. The molecule has 1 heterocycles. The zero-order valence-corrected chi connectivity index (χ0v) is 10.5. The monoisotopic (exact) mass is 260 g/mol. The molecule has 0 aliphatic rings. The second kappa shape index (κ2) is 5.35. The smallest absolute Gasteiger partial charge is 0.180 e. The normalized spacial score (nSPS) is 13.7. The van der Waals surface area contributed by atoms with Crippen LogP contribution in [0.3, 0.4) is 0 Å². The van der Waals surface area contributed by atoms with Crippen LogP contribution in [0.5, 0.6) is 0 Å². The van der Waals surface area contributed by atoms with Gasteiger partial charge in [0.2, 0.25) is 0 Å². The lowest BCUT2D eigenvalue weighted by Gasteiger charge is -2.03. The van der Waals surface area contributed by atoms with Crippen LogP contribution in [-0.2, 0) is 0 Å². The van der Waals surface area contributed by atoms with E-state index in [2.05, 4.69) is 11.6 Å². The minimum Gasteiger partial charge on any atom is -0.375 e. The van der Waals surface area contributed by atoms with Gasteiger partial charge in [-0.2, -0.15) is 0 Å². The highest BCUT2D eigenvalue weighted by Crippen LogP contribution is 2.31. The third-order valence-electron chi connectivity index (χ3n) is 1.71. The Morgan fingerprint density at radius 3 is 2.67 bits per heavy atom. The number of nitrogens with two attached hydrogens (primary N) is 1. The van der Waals surface area contributed by atoms with Crippen LogP contribution in [-0.4, -0.2) is 4.98 Å². The molecule has 0 spiro atoms. The van der Waals surface area contributed by atoms with Gasteiger partial charge in [0.25, 0.3) is 0 Å². The van der Waals surface area contributed by atoms with Crippen LogP contribution in [0.1, 0.15) is 12.6 Å². The van der Waals surface area contributed by atoms with E-state index < -0.39 is 0 Å². The van der Waals surface area contributed by atoms with E-state index in [4.69, 9.17) is 28.9 Å². The van der Waals surface area contributed by atoms with Crippen LogP contribution in [0.15, 0.2) is 34.2 Å². The predicted octanol–water partition coefficient (Wildman–Crippen LogP) is 4.00. The summed E-state index contributed by atoms with van der Waals surface area (Å²) in [6, 6.07) is 0. The van der Waals surface area contributed by atoms with Crippen molar-refractivity contribution in [3.8, 4) is 0 Å². The molecule has 0 bridgehead atoms. The van der Waals surface area contributed by atoms with Crippen molar-refractivity contribution in [2.45, 2.75) is 6.92 Å². The number of aromatic nitrogens is 1. The summed E-state index contributed by atoms with van der Waals surface area (Å²) in [6.45, 7) is 5.41. The van der Waals surface area contributed by atoms with Crippen LogP contribution in [0, 0.1) is 0 Å². The van der Waals surface area contributed by atoms with Crippen molar-refractivity contribution >= 4 is 45.2 Å². The summed E-state index contributed by atoms with van der Waals surface area (Å²) < 4.78 is 0. The Labute approximate surface area is 103 Å². The molecule has 2 N–H and O–H groups in total. The minimum atomic E-state index is 0.399. The summed E-state index contributed by atoms with van der Waals surface area (Å²) >= 11 is 13.3. The number of nitrogens with zero attached hydrogens (tertiary/aromatic N) is 1. The van der Waals surface area contributed by atoms with Crippen LogP contribution in [0.4, 0.5) is 5.13 Å². The fourth-order valence-electron chi connectivity index (χ4n) is 1.02. The van der Waals surface area contributed by atoms with Gasteiger partial charge in [-0.1, -0.05) is 35.9 Å². The van der Waals surface area contributed by atoms with Crippen molar-refractivity contribution in [2.75, 3.05) is 5.73 Å². The molecule has 0 aliphatic carbocycles. The highest BCUT2D eigenvalue weighted by Gasteiger charge is 2.11. The first-order valence-electron chi connectivity index (χ1n) is 4.16. The maximum Gasteiger partial charge on any atom is 0.180 e. The summed E-state index contributed by atoms with van der Waals surface area (Å²) in [7, 11) is 0. The molecule has 0 amide bonds. The number of halogens is 2. The minimum absolute atomic E-state index is 0.399. The Bertz CT molecular complexity index is 432. The number of rotatable bonds is 3. The third kappa shape index (κ3) is 2.84. The first-order valence-corrected chi connectivity index (χ1v) is 5.79. The Hall–Kier alpha value is -0.770. The van der Waals surface area contributed by atoms with E-state index in [9.17, 15) is 0 Å². The van der Waals surface area contributed by atoms with Gasteiger partial charge in [0.05, 0.1) is 15.8 Å². The molecular formula is C10H10Cl2N2S. The van der Waals surface area contributed by atoms with E-state index >= 15 is 0 Å². The fraction of sp³-hybridized carbons (Fsp3) is 0.100. The quantitative estimate of drug-likeness (QED) is 0.835. The van der Waals surface area contributed by atoms with Gasteiger partial charge in [0, 0.05) is 11.0 Å². The zero-order valence-electron chi connectivity index (χ0n) is 8.13. The molecule has 0 aliphatic heterocycles. The highest BCUT2D eigenvalue weighted by atomic mass is 35.5. The Morgan fingerprint density at radius 2 is 2.27 bits per heavy atom. The van der Waals surface area contributed by atoms with Crippen LogP contribution in [0.2, 0.25) is 0 Å². The number of hydrogen-bond acceptors (Lipinski definition) is 3. The predicted molar refractivity (Wildman–Crippen MR) is 69.1 cm³/mol. The maximum absolute atomic E-state index is 6.07. The lowest BCUT2D eigenvalue weighted by atomic mass is 10.2. The Balaban J connectivity index is 3.17. The number of thiazole rings is 1. The van der Waals surface area contributed by atoms with Gasteiger partial charge >= 0.3 is 0 Å². The lowest BCUT2D eigenvalue weighted by molar-refractivity contribution is 1.36. The molecule has 0 saturated heterocycles. The molecule has 0 unspecified atom stereocenters. The first-order chi connectivity index (χ1) is 7.10. The van der Waals surface area contributed by atoms with E-state index in [1.807, 2.05) is 18.4 Å². The van der Waals surface area contributed by atoms with Crippen molar-refractivity contribution in [1.29, 1.82) is 0 Å². The molecule has 0 saturated carbocycles. The molecular weight excluding hydrogens is 251 g/mol. The van der Waals surface area contributed by atoms with Gasteiger partial charge in [-0.15, -0.1) is 11.3 Å². The van der Waals surface area contributed by atoms with Crippen LogP contribution < -0.4 is 5.73 Å². The van der Waals surface area contributed by atoms with E-state index in [0.29, 0.717) is 15.2 Å². The van der Waals surface area contributed by atoms with Crippen molar-refractivity contribution < 1.29 is 0 Å². The van der Waals surface area contributed by atoms with E-state index in [0.717, 1.165) is 11.3 Å². The van der Waals surface area contributed by atoms with Crippen LogP contribution in [0.25, 0.3) is 5.57 Å². The average Bonchev–Trinajstić information content (AvgIpc) is 2.64. The van der Waals surface area contributed by atoms with E-state index in [1.165, 1.54) is 17.4 Å². The van der Waals surface area contributed by atoms with Gasteiger partial charge in [-0.3, -0.25) is 0 Å². The van der Waals surface area contributed by atoms with Gasteiger partial charge in [0.1, 0.15) is 0 Å². The summed E-state index contributed by atoms with van der Waals surface area (Å²) in [4.78, 5) is 4.14. The molecule has 80 valence electrons. The van der Waals surface area contributed by atoms with Gasteiger partial charge in [-0.05, 0) is 13.0 Å². The molecule has 15 heavy (non-hydrogen) atoms. The highest BCUT2D eigenvalue weighted by molar-refractivity contribution is 7.13. The Morgan fingerprint density at radius 1 is 1.60 bits per heavy atom. The number of anilines is 1. The van der Waals surface area contributed by atoms with E-state index in [1.54, 1.807) is 0 Å². The summed E-state index contributed by atoms with van der Waals surface area (Å²) in [6.07, 6.45) is 3.33. The molecule has 0 aromatic carbocycles. The van der Waals surface area contributed by atoms with Gasteiger partial charge in [-0.25, -0.2) is 4.98 Å². The molecule has 2 nitrogen and oxygen atoms in total. The molecule has 1 aromatic rings. The third-order valence-corrected chi connectivity index (χ3v) is 3.23. The molecule has 0 atom stereocenters. The second-order valence-electron chi connectivity index (χ2n) is 2.64. The SMILES string of the molecule is C=C/C(Cl)=C(Cl)\C(=C/C)c1csc(N)n1. The lowest BCUT2D eigenvalue weighted by Crippen LogP contribution is -1.88. The number of allylic oxidation sites excluding steroid dienone is 5. The molecule has 1 aromatic heterocycles. The van der Waals surface area contributed by atoms with E-state index in [-0.39, 0.29) is 0 Å². The topological polar surface area (TPSA) is 38.9 Å². The average molecular weight is 261 g/mol. The molecule has 1 rings (SSSR count). The van der Waals surface area contributed by atoms with Crippen molar-refractivity contribution in [3.05, 3.63) is 39.9 Å². The largest absolute Gasteiger partial charge is 0.375 e. The maximum atomic E-state index is 6.07. The first kappa shape index (κ1) is 12.3. The van der Waals surface area contributed by atoms with Crippen LogP contribution >= 0.6 is 34.5 Å². The fourth-order valence-corrected chi connectivity index (χ4v) is 1.96. The van der Waals surface area contributed by atoms with Gasteiger partial charge in [0.15, 0.2) is 5.13 Å². The molecule has 0 fully saturated rings.